The van der Waals surface area contributed by atoms with E-state index >= 15 is 0 Å². The summed E-state index contributed by atoms with van der Waals surface area (Å²) < 4.78 is 2.91. The zero-order valence-electron chi connectivity index (χ0n) is 10.5. The number of halogens is 1. The third-order valence-corrected chi connectivity index (χ3v) is 2.96. The summed E-state index contributed by atoms with van der Waals surface area (Å²) in [5.41, 5.74) is 2.27. The minimum atomic E-state index is 0.659. The second-order valence-corrected chi connectivity index (χ2v) is 5.07. The molecule has 0 amide bonds. The molecule has 0 aliphatic heterocycles. The first-order valence-electron chi connectivity index (χ1n) is 5.87. The Morgan fingerprint density at radius 2 is 2.00 bits per heavy atom. The molecule has 96 valence electrons. The van der Waals surface area contributed by atoms with Gasteiger partial charge in [-0.2, -0.15) is 5.10 Å². The van der Waals surface area contributed by atoms with Crippen LogP contribution < -0.4 is 5.32 Å². The van der Waals surface area contributed by atoms with Gasteiger partial charge in [0.2, 0.25) is 5.95 Å². The van der Waals surface area contributed by atoms with E-state index in [0.29, 0.717) is 5.95 Å². The first-order chi connectivity index (χ1) is 8.65. The fraction of sp³-hybridized carbons (Fsp3) is 0.417. The summed E-state index contributed by atoms with van der Waals surface area (Å²) in [7, 11) is 0. The van der Waals surface area contributed by atoms with Gasteiger partial charge in [-0.15, -0.1) is 0 Å². The Morgan fingerprint density at radius 1 is 1.28 bits per heavy atom. The molecule has 0 fully saturated rings. The maximum atomic E-state index is 4.42. The SMILES string of the molecule is Cc1cc(C)n(CCCNc2ncc(Br)cn2)n1. The lowest BCUT2D eigenvalue weighted by atomic mass is 10.4. The molecule has 18 heavy (non-hydrogen) atoms. The minimum Gasteiger partial charge on any atom is -0.354 e. The van der Waals surface area contributed by atoms with Crippen LogP contribution in [0.5, 0.6) is 0 Å². The second kappa shape index (κ2) is 5.95. The van der Waals surface area contributed by atoms with E-state index in [-0.39, 0.29) is 0 Å². The van der Waals surface area contributed by atoms with Crippen LogP contribution in [0.2, 0.25) is 0 Å². The predicted octanol–water partition coefficient (Wildman–Crippen LogP) is 2.55. The number of hydrogen-bond acceptors (Lipinski definition) is 4. The third-order valence-electron chi connectivity index (χ3n) is 2.55. The van der Waals surface area contributed by atoms with E-state index < -0.39 is 0 Å². The fourth-order valence-electron chi connectivity index (χ4n) is 1.73. The summed E-state index contributed by atoms with van der Waals surface area (Å²) in [6.07, 6.45) is 4.45. The molecular formula is C12H16BrN5. The summed E-state index contributed by atoms with van der Waals surface area (Å²) in [6.45, 7) is 5.83. The van der Waals surface area contributed by atoms with Crippen LogP contribution in [-0.2, 0) is 6.54 Å². The Labute approximate surface area is 115 Å². The smallest absolute Gasteiger partial charge is 0.222 e. The summed E-state index contributed by atoms with van der Waals surface area (Å²) in [5, 5.41) is 7.60. The molecule has 0 atom stereocenters. The van der Waals surface area contributed by atoms with Crippen LogP contribution in [0.25, 0.3) is 0 Å². The summed E-state index contributed by atoms with van der Waals surface area (Å²) in [6, 6.07) is 2.09. The molecule has 0 aliphatic carbocycles. The van der Waals surface area contributed by atoms with Crippen LogP contribution in [0.4, 0.5) is 5.95 Å². The van der Waals surface area contributed by atoms with Crippen LogP contribution in [0, 0.1) is 13.8 Å². The number of anilines is 1. The van der Waals surface area contributed by atoms with Gasteiger partial charge in [-0.25, -0.2) is 9.97 Å². The molecule has 2 aromatic heterocycles. The van der Waals surface area contributed by atoms with E-state index in [4.69, 9.17) is 0 Å². The lowest BCUT2D eigenvalue weighted by molar-refractivity contribution is 0.573. The van der Waals surface area contributed by atoms with Crippen LogP contribution in [0.1, 0.15) is 17.8 Å². The molecule has 2 rings (SSSR count). The molecule has 0 saturated carbocycles. The predicted molar refractivity (Wildman–Crippen MR) is 74.5 cm³/mol. The summed E-state index contributed by atoms with van der Waals surface area (Å²) in [4.78, 5) is 8.31. The van der Waals surface area contributed by atoms with Crippen molar-refractivity contribution in [3.05, 3.63) is 34.3 Å². The van der Waals surface area contributed by atoms with Gasteiger partial charge in [0.05, 0.1) is 10.2 Å². The van der Waals surface area contributed by atoms with Crippen molar-refractivity contribution in [3.63, 3.8) is 0 Å². The van der Waals surface area contributed by atoms with Gasteiger partial charge in [0, 0.05) is 31.2 Å². The number of hydrogen-bond donors (Lipinski definition) is 1. The number of aryl methyl sites for hydroxylation is 3. The highest BCUT2D eigenvalue weighted by Crippen LogP contribution is 2.07. The normalized spacial score (nSPS) is 10.6. The molecule has 2 heterocycles. The fourth-order valence-corrected chi connectivity index (χ4v) is 1.94. The van der Waals surface area contributed by atoms with Gasteiger partial charge in [-0.05, 0) is 42.3 Å². The van der Waals surface area contributed by atoms with Gasteiger partial charge < -0.3 is 5.32 Å². The van der Waals surface area contributed by atoms with E-state index in [1.54, 1.807) is 12.4 Å². The van der Waals surface area contributed by atoms with Crippen LogP contribution in [0.15, 0.2) is 22.9 Å². The number of nitrogens with zero attached hydrogens (tertiary/aromatic N) is 4. The maximum Gasteiger partial charge on any atom is 0.222 e. The van der Waals surface area contributed by atoms with Crippen molar-refractivity contribution in [2.45, 2.75) is 26.8 Å². The Bertz CT molecular complexity index is 506. The molecule has 0 unspecified atom stereocenters. The number of nitrogens with one attached hydrogen (secondary N) is 1. The van der Waals surface area contributed by atoms with Crippen molar-refractivity contribution in [3.8, 4) is 0 Å². The topological polar surface area (TPSA) is 55.6 Å². The summed E-state index contributed by atoms with van der Waals surface area (Å²) in [5.74, 6) is 0.659. The zero-order valence-corrected chi connectivity index (χ0v) is 12.1. The molecule has 0 bridgehead atoms. The first kappa shape index (κ1) is 13.0. The Hall–Kier alpha value is -1.43. The second-order valence-electron chi connectivity index (χ2n) is 4.16. The number of aromatic nitrogens is 4. The molecule has 5 nitrogen and oxygen atoms in total. The van der Waals surface area contributed by atoms with Crippen molar-refractivity contribution in [2.75, 3.05) is 11.9 Å². The van der Waals surface area contributed by atoms with Crippen molar-refractivity contribution in [2.24, 2.45) is 0 Å². The Kier molecular flexibility index (Phi) is 4.30. The molecule has 0 aliphatic rings. The average Bonchev–Trinajstić information content (AvgIpc) is 2.66. The highest BCUT2D eigenvalue weighted by atomic mass is 79.9. The lowest BCUT2D eigenvalue weighted by Crippen LogP contribution is -2.10. The monoisotopic (exact) mass is 309 g/mol. The van der Waals surface area contributed by atoms with Gasteiger partial charge in [0.1, 0.15) is 0 Å². The molecule has 0 aromatic carbocycles. The van der Waals surface area contributed by atoms with E-state index in [1.165, 1.54) is 5.69 Å². The zero-order chi connectivity index (χ0) is 13.0. The van der Waals surface area contributed by atoms with E-state index in [2.05, 4.69) is 49.3 Å². The molecular weight excluding hydrogens is 294 g/mol. The molecule has 2 aromatic rings. The molecule has 1 N–H and O–H groups in total. The molecule has 6 heteroatoms. The lowest BCUT2D eigenvalue weighted by Gasteiger charge is -2.06. The van der Waals surface area contributed by atoms with Gasteiger partial charge in [0.15, 0.2) is 0 Å². The van der Waals surface area contributed by atoms with E-state index in [9.17, 15) is 0 Å². The van der Waals surface area contributed by atoms with E-state index in [0.717, 1.165) is 29.7 Å². The molecule has 0 spiro atoms. The Balaban J connectivity index is 1.76. The first-order valence-corrected chi connectivity index (χ1v) is 6.67. The average molecular weight is 310 g/mol. The highest BCUT2D eigenvalue weighted by Gasteiger charge is 2.00. The largest absolute Gasteiger partial charge is 0.354 e. The van der Waals surface area contributed by atoms with Gasteiger partial charge >= 0.3 is 0 Å². The van der Waals surface area contributed by atoms with Crippen LogP contribution >= 0.6 is 15.9 Å². The van der Waals surface area contributed by atoms with Crippen molar-refractivity contribution >= 4 is 21.9 Å². The van der Waals surface area contributed by atoms with Crippen molar-refractivity contribution in [1.82, 2.24) is 19.7 Å². The quantitative estimate of drug-likeness (QED) is 0.862. The van der Waals surface area contributed by atoms with Crippen LogP contribution in [0.3, 0.4) is 0 Å². The van der Waals surface area contributed by atoms with Gasteiger partial charge in [0.25, 0.3) is 0 Å². The third kappa shape index (κ3) is 3.53. The number of rotatable bonds is 5. The molecule has 0 radical (unpaired) electrons. The van der Waals surface area contributed by atoms with Gasteiger partial charge in [-0.1, -0.05) is 0 Å². The van der Waals surface area contributed by atoms with Crippen molar-refractivity contribution in [1.29, 1.82) is 0 Å². The van der Waals surface area contributed by atoms with Gasteiger partial charge in [-0.3, -0.25) is 4.68 Å². The standard InChI is InChI=1S/C12H16BrN5/c1-9-6-10(2)18(17-9)5-3-4-14-12-15-7-11(13)8-16-12/h6-8H,3-5H2,1-2H3,(H,14,15,16). The highest BCUT2D eigenvalue weighted by molar-refractivity contribution is 9.10. The molecule has 0 saturated heterocycles. The summed E-state index contributed by atoms with van der Waals surface area (Å²) >= 11 is 3.30. The minimum absolute atomic E-state index is 0.659. The maximum absolute atomic E-state index is 4.42. The van der Waals surface area contributed by atoms with E-state index in [1.807, 2.05) is 11.6 Å². The van der Waals surface area contributed by atoms with Crippen molar-refractivity contribution < 1.29 is 0 Å². The Morgan fingerprint density at radius 3 is 2.61 bits per heavy atom. The van der Waals surface area contributed by atoms with Crippen LogP contribution in [-0.4, -0.2) is 26.3 Å².